The highest BCUT2D eigenvalue weighted by atomic mass is 32.1. The molecule has 6 heteroatoms. The smallest absolute Gasteiger partial charge is 0.335 e. The number of carboxylic acid groups (broad SMARTS) is 1. The summed E-state index contributed by atoms with van der Waals surface area (Å²) in [6, 6.07) is 6.30. The monoisotopic (exact) mass is 251 g/mol. The van der Waals surface area contributed by atoms with Crippen LogP contribution in [0.4, 0.5) is 5.69 Å². The van der Waals surface area contributed by atoms with Gasteiger partial charge in [0, 0.05) is 6.54 Å². The minimum atomic E-state index is -0.951. The molecular formula is C11H13N3O2S. The van der Waals surface area contributed by atoms with Crippen molar-refractivity contribution in [2.24, 2.45) is 0 Å². The van der Waals surface area contributed by atoms with Crippen molar-refractivity contribution in [2.45, 2.75) is 0 Å². The minimum Gasteiger partial charge on any atom is -0.478 e. The molecule has 0 unspecified atom stereocenters. The predicted octanol–water partition coefficient (Wildman–Crippen LogP) is 1.36. The van der Waals surface area contributed by atoms with Crippen LogP contribution in [0.15, 0.2) is 36.9 Å². The van der Waals surface area contributed by atoms with Crippen molar-refractivity contribution in [3.8, 4) is 0 Å². The molecule has 0 fully saturated rings. The molecule has 5 nitrogen and oxygen atoms in total. The van der Waals surface area contributed by atoms with Crippen LogP contribution >= 0.6 is 12.2 Å². The van der Waals surface area contributed by atoms with E-state index in [2.05, 4.69) is 22.7 Å². The van der Waals surface area contributed by atoms with E-state index < -0.39 is 5.97 Å². The van der Waals surface area contributed by atoms with E-state index >= 15 is 0 Å². The highest BCUT2D eigenvalue weighted by Gasteiger charge is 2.01. The van der Waals surface area contributed by atoms with Crippen LogP contribution in [0.5, 0.6) is 0 Å². The molecule has 0 aliphatic rings. The Balaban J connectivity index is 2.44. The summed E-state index contributed by atoms with van der Waals surface area (Å²) in [6.07, 6.45) is 1.69. The van der Waals surface area contributed by atoms with Crippen molar-refractivity contribution >= 4 is 29.0 Å². The zero-order valence-corrected chi connectivity index (χ0v) is 9.88. The van der Waals surface area contributed by atoms with Crippen LogP contribution < -0.4 is 16.2 Å². The lowest BCUT2D eigenvalue weighted by molar-refractivity contribution is 0.0697. The predicted molar refractivity (Wildman–Crippen MR) is 71.0 cm³/mol. The number of hydrazine groups is 1. The average molecular weight is 251 g/mol. The van der Waals surface area contributed by atoms with Gasteiger partial charge in [-0.05, 0) is 36.5 Å². The van der Waals surface area contributed by atoms with Crippen LogP contribution in [0.2, 0.25) is 0 Å². The van der Waals surface area contributed by atoms with Gasteiger partial charge in [-0.3, -0.25) is 10.9 Å². The summed E-state index contributed by atoms with van der Waals surface area (Å²) in [7, 11) is 0. The fraction of sp³-hybridized carbons (Fsp3) is 0.0909. The summed E-state index contributed by atoms with van der Waals surface area (Å²) in [5.74, 6) is -0.951. The third-order valence-electron chi connectivity index (χ3n) is 1.86. The van der Waals surface area contributed by atoms with E-state index in [-0.39, 0.29) is 5.56 Å². The fourth-order valence-electron chi connectivity index (χ4n) is 1.03. The number of benzene rings is 1. The van der Waals surface area contributed by atoms with Crippen LogP contribution in [-0.4, -0.2) is 22.7 Å². The lowest BCUT2D eigenvalue weighted by Gasteiger charge is -2.11. The maximum atomic E-state index is 10.6. The topological polar surface area (TPSA) is 73.4 Å². The van der Waals surface area contributed by atoms with Gasteiger partial charge in [-0.25, -0.2) is 4.79 Å². The number of thiocarbonyl (C=S) groups is 1. The fourth-order valence-corrected chi connectivity index (χ4v) is 1.17. The number of carboxylic acids is 1. The number of anilines is 1. The molecule has 0 radical (unpaired) electrons. The summed E-state index contributed by atoms with van der Waals surface area (Å²) in [5, 5.41) is 12.0. The SMILES string of the molecule is C=CCNC(=S)NNc1ccc(C(=O)O)cc1. The van der Waals surface area contributed by atoms with Crippen molar-refractivity contribution in [1.29, 1.82) is 0 Å². The van der Waals surface area contributed by atoms with Crippen molar-refractivity contribution in [2.75, 3.05) is 12.0 Å². The Morgan fingerprint density at radius 1 is 1.41 bits per heavy atom. The molecule has 1 rings (SSSR count). The second kappa shape index (κ2) is 6.49. The standard InChI is InChI=1S/C11H13N3O2S/c1-2-7-12-11(17)14-13-9-5-3-8(4-6-9)10(15)16/h2-6,13H,1,7H2,(H,15,16)(H2,12,14,17). The van der Waals surface area contributed by atoms with Crippen LogP contribution in [0, 0.1) is 0 Å². The Hall–Kier alpha value is -2.08. The Kier molecular flexibility index (Phi) is 4.96. The molecule has 0 atom stereocenters. The van der Waals surface area contributed by atoms with E-state index in [9.17, 15) is 4.79 Å². The van der Waals surface area contributed by atoms with Crippen molar-refractivity contribution in [1.82, 2.24) is 10.7 Å². The van der Waals surface area contributed by atoms with Gasteiger partial charge < -0.3 is 10.4 Å². The summed E-state index contributed by atoms with van der Waals surface area (Å²) >= 11 is 4.96. The van der Waals surface area contributed by atoms with E-state index in [1.54, 1.807) is 18.2 Å². The van der Waals surface area contributed by atoms with E-state index in [1.165, 1.54) is 12.1 Å². The zero-order chi connectivity index (χ0) is 12.7. The first-order chi connectivity index (χ1) is 8.13. The van der Waals surface area contributed by atoms with Gasteiger partial charge in [0.2, 0.25) is 0 Å². The third kappa shape index (κ3) is 4.52. The number of carbonyl (C=O) groups is 1. The van der Waals surface area contributed by atoms with Gasteiger partial charge in [0.05, 0.1) is 11.3 Å². The maximum absolute atomic E-state index is 10.6. The highest BCUT2D eigenvalue weighted by Crippen LogP contribution is 2.07. The molecule has 0 spiro atoms. The Morgan fingerprint density at radius 2 is 2.06 bits per heavy atom. The van der Waals surface area contributed by atoms with Gasteiger partial charge in [-0.2, -0.15) is 0 Å². The molecule has 0 aliphatic carbocycles. The molecule has 0 amide bonds. The van der Waals surface area contributed by atoms with Gasteiger partial charge in [0.1, 0.15) is 0 Å². The molecule has 1 aromatic rings. The lowest BCUT2D eigenvalue weighted by Crippen LogP contribution is -2.38. The molecule has 0 heterocycles. The molecule has 0 aromatic heterocycles. The molecule has 0 aliphatic heterocycles. The quantitative estimate of drug-likeness (QED) is 0.360. The Morgan fingerprint density at radius 3 is 2.59 bits per heavy atom. The van der Waals surface area contributed by atoms with E-state index in [4.69, 9.17) is 17.3 Å². The lowest BCUT2D eigenvalue weighted by atomic mass is 10.2. The molecule has 4 N–H and O–H groups in total. The zero-order valence-electron chi connectivity index (χ0n) is 9.06. The number of rotatable bonds is 5. The van der Waals surface area contributed by atoms with E-state index in [1.807, 2.05) is 0 Å². The van der Waals surface area contributed by atoms with Gasteiger partial charge >= 0.3 is 5.97 Å². The summed E-state index contributed by atoms with van der Waals surface area (Å²) in [6.45, 7) is 4.13. The molecule has 90 valence electrons. The normalized spacial score (nSPS) is 9.18. The number of hydrogen-bond acceptors (Lipinski definition) is 3. The van der Waals surface area contributed by atoms with E-state index in [0.29, 0.717) is 11.7 Å². The number of aromatic carboxylic acids is 1. The molecule has 0 saturated heterocycles. The number of nitrogens with one attached hydrogen (secondary N) is 3. The van der Waals surface area contributed by atoms with Gasteiger partial charge in [0.15, 0.2) is 5.11 Å². The van der Waals surface area contributed by atoms with Crippen molar-refractivity contribution < 1.29 is 9.90 Å². The van der Waals surface area contributed by atoms with Crippen molar-refractivity contribution in [3.05, 3.63) is 42.5 Å². The first kappa shape index (κ1) is 13.0. The summed E-state index contributed by atoms with van der Waals surface area (Å²) < 4.78 is 0. The van der Waals surface area contributed by atoms with E-state index in [0.717, 1.165) is 5.69 Å². The third-order valence-corrected chi connectivity index (χ3v) is 2.11. The number of hydrogen-bond donors (Lipinski definition) is 4. The molecule has 0 saturated carbocycles. The second-order valence-electron chi connectivity index (χ2n) is 3.13. The largest absolute Gasteiger partial charge is 0.478 e. The highest BCUT2D eigenvalue weighted by molar-refractivity contribution is 7.80. The second-order valence-corrected chi connectivity index (χ2v) is 3.54. The average Bonchev–Trinajstić information content (AvgIpc) is 2.34. The van der Waals surface area contributed by atoms with Gasteiger partial charge in [-0.15, -0.1) is 6.58 Å². The summed E-state index contributed by atoms with van der Waals surface area (Å²) in [4.78, 5) is 10.6. The van der Waals surface area contributed by atoms with Crippen LogP contribution in [0.25, 0.3) is 0 Å². The maximum Gasteiger partial charge on any atom is 0.335 e. The Labute approximate surface area is 105 Å². The molecular weight excluding hydrogens is 238 g/mol. The molecule has 17 heavy (non-hydrogen) atoms. The first-order valence-corrected chi connectivity index (χ1v) is 5.28. The van der Waals surface area contributed by atoms with Crippen LogP contribution in [-0.2, 0) is 0 Å². The van der Waals surface area contributed by atoms with Crippen LogP contribution in [0.1, 0.15) is 10.4 Å². The van der Waals surface area contributed by atoms with Gasteiger partial charge in [-0.1, -0.05) is 6.08 Å². The minimum absolute atomic E-state index is 0.239. The molecule has 1 aromatic carbocycles. The first-order valence-electron chi connectivity index (χ1n) is 4.87. The molecule has 0 bridgehead atoms. The van der Waals surface area contributed by atoms with Crippen LogP contribution in [0.3, 0.4) is 0 Å². The Bertz CT molecular complexity index is 417. The summed E-state index contributed by atoms with van der Waals surface area (Å²) in [5.41, 5.74) is 6.56. The van der Waals surface area contributed by atoms with Crippen molar-refractivity contribution in [3.63, 3.8) is 0 Å². The van der Waals surface area contributed by atoms with Gasteiger partial charge in [0.25, 0.3) is 0 Å².